The Morgan fingerprint density at radius 2 is 2.27 bits per heavy atom. The molecule has 0 unspecified atom stereocenters. The zero-order valence-corrected chi connectivity index (χ0v) is 14.4. The third-order valence-electron chi connectivity index (χ3n) is 4.76. The highest BCUT2D eigenvalue weighted by atomic mass is 19.1. The molecule has 26 heavy (non-hydrogen) atoms. The largest absolute Gasteiger partial charge is 0.488 e. The highest BCUT2D eigenvalue weighted by Crippen LogP contribution is 2.20. The van der Waals surface area contributed by atoms with Gasteiger partial charge in [0.25, 0.3) is 5.91 Å². The van der Waals surface area contributed by atoms with Crippen LogP contribution in [0.5, 0.6) is 5.75 Å². The number of aryl methyl sites for hydroxylation is 1. The number of aromatic nitrogens is 3. The molecule has 3 heterocycles. The predicted molar refractivity (Wildman–Crippen MR) is 90.5 cm³/mol. The SMILES string of the molecule is O=C(N[C@@H]1COCC[C@@H]1Oc1cccc(F)c1)c1nnc2n1CCCC2. The zero-order chi connectivity index (χ0) is 17.9. The van der Waals surface area contributed by atoms with Crippen LogP contribution in [0, 0.1) is 5.82 Å². The first kappa shape index (κ1) is 17.0. The normalized spacial score (nSPS) is 22.5. The molecule has 7 nitrogen and oxygen atoms in total. The average Bonchev–Trinajstić information content (AvgIpc) is 3.08. The maximum atomic E-state index is 13.4. The second-order valence-corrected chi connectivity index (χ2v) is 6.61. The molecule has 138 valence electrons. The van der Waals surface area contributed by atoms with Crippen molar-refractivity contribution in [1.29, 1.82) is 0 Å². The monoisotopic (exact) mass is 360 g/mol. The van der Waals surface area contributed by atoms with Crippen LogP contribution in [-0.4, -0.2) is 46.0 Å². The van der Waals surface area contributed by atoms with Gasteiger partial charge in [0.2, 0.25) is 5.82 Å². The third-order valence-corrected chi connectivity index (χ3v) is 4.76. The van der Waals surface area contributed by atoms with Crippen LogP contribution in [-0.2, 0) is 17.7 Å². The number of fused-ring (bicyclic) bond motifs is 1. The first-order chi connectivity index (χ1) is 12.7. The molecule has 2 aromatic rings. The molecule has 4 rings (SSSR count). The molecule has 0 radical (unpaired) electrons. The van der Waals surface area contributed by atoms with Crippen molar-refractivity contribution in [2.75, 3.05) is 13.2 Å². The van der Waals surface area contributed by atoms with Crippen LogP contribution in [0.15, 0.2) is 24.3 Å². The van der Waals surface area contributed by atoms with E-state index in [1.807, 2.05) is 4.57 Å². The Balaban J connectivity index is 1.46. The van der Waals surface area contributed by atoms with Crippen LogP contribution in [0.1, 0.15) is 35.7 Å². The third kappa shape index (κ3) is 3.55. The molecule has 0 aliphatic carbocycles. The molecule has 1 amide bonds. The lowest BCUT2D eigenvalue weighted by Gasteiger charge is -2.32. The van der Waals surface area contributed by atoms with Gasteiger partial charge in [-0.25, -0.2) is 4.39 Å². The van der Waals surface area contributed by atoms with Gasteiger partial charge in [-0.05, 0) is 25.0 Å². The summed E-state index contributed by atoms with van der Waals surface area (Å²) in [6.07, 6.45) is 3.25. The summed E-state index contributed by atoms with van der Waals surface area (Å²) >= 11 is 0. The highest BCUT2D eigenvalue weighted by molar-refractivity contribution is 5.91. The van der Waals surface area contributed by atoms with Gasteiger partial charge in [-0.15, -0.1) is 10.2 Å². The molecular weight excluding hydrogens is 339 g/mol. The van der Waals surface area contributed by atoms with Gasteiger partial charge in [-0.2, -0.15) is 0 Å². The number of carbonyl (C=O) groups excluding carboxylic acids is 1. The summed E-state index contributed by atoms with van der Waals surface area (Å²) in [6, 6.07) is 5.66. The van der Waals surface area contributed by atoms with Crippen molar-refractivity contribution in [2.24, 2.45) is 0 Å². The standard InChI is InChI=1S/C18H21FN4O3/c19-12-4-3-5-13(10-12)26-15-7-9-25-11-14(15)20-18(24)17-22-21-16-6-1-2-8-23(16)17/h3-5,10,14-15H,1-2,6-9,11H2,(H,20,24)/t14-,15+/m1/s1. The fourth-order valence-electron chi connectivity index (χ4n) is 3.42. The zero-order valence-electron chi connectivity index (χ0n) is 14.4. The van der Waals surface area contributed by atoms with E-state index in [1.165, 1.54) is 12.1 Å². The van der Waals surface area contributed by atoms with Crippen LogP contribution in [0.2, 0.25) is 0 Å². The number of amides is 1. The van der Waals surface area contributed by atoms with Crippen LogP contribution in [0.4, 0.5) is 4.39 Å². The fraction of sp³-hybridized carbons (Fsp3) is 0.500. The Kier molecular flexibility index (Phi) is 4.83. The summed E-state index contributed by atoms with van der Waals surface area (Å²) in [5.74, 6) is 0.985. The smallest absolute Gasteiger partial charge is 0.289 e. The van der Waals surface area contributed by atoms with Crippen LogP contribution >= 0.6 is 0 Å². The molecule has 1 aromatic carbocycles. The van der Waals surface area contributed by atoms with Crippen LogP contribution in [0.3, 0.4) is 0 Å². The lowest BCUT2D eigenvalue weighted by atomic mass is 10.1. The number of ether oxygens (including phenoxy) is 2. The fourth-order valence-corrected chi connectivity index (χ4v) is 3.42. The number of halogens is 1. The minimum Gasteiger partial charge on any atom is -0.488 e. The lowest BCUT2D eigenvalue weighted by Crippen LogP contribution is -2.52. The molecular formula is C18H21FN4O3. The van der Waals surface area contributed by atoms with Crippen molar-refractivity contribution in [1.82, 2.24) is 20.1 Å². The van der Waals surface area contributed by atoms with Gasteiger partial charge in [-0.1, -0.05) is 6.07 Å². The molecule has 2 atom stereocenters. The summed E-state index contributed by atoms with van der Waals surface area (Å²) in [5.41, 5.74) is 0. The van der Waals surface area contributed by atoms with E-state index < -0.39 is 0 Å². The van der Waals surface area contributed by atoms with E-state index in [1.54, 1.807) is 12.1 Å². The van der Waals surface area contributed by atoms with Crippen LogP contribution < -0.4 is 10.1 Å². The Bertz CT molecular complexity index is 794. The number of nitrogens with zero attached hydrogens (tertiary/aromatic N) is 3. The Morgan fingerprint density at radius 1 is 1.35 bits per heavy atom. The van der Waals surface area contributed by atoms with Crippen LogP contribution in [0.25, 0.3) is 0 Å². The Hall–Kier alpha value is -2.48. The van der Waals surface area contributed by atoms with Crippen molar-refractivity contribution in [3.8, 4) is 5.75 Å². The number of nitrogens with one attached hydrogen (secondary N) is 1. The number of rotatable bonds is 4. The van der Waals surface area contributed by atoms with Crippen molar-refractivity contribution < 1.29 is 18.7 Å². The van der Waals surface area contributed by atoms with Crippen molar-refractivity contribution in [3.63, 3.8) is 0 Å². The average molecular weight is 360 g/mol. The van der Waals surface area contributed by atoms with E-state index in [0.717, 1.165) is 31.6 Å². The first-order valence-corrected chi connectivity index (χ1v) is 8.93. The van der Waals surface area contributed by atoms with Gasteiger partial charge in [-0.3, -0.25) is 4.79 Å². The molecule has 0 bridgehead atoms. The highest BCUT2D eigenvalue weighted by Gasteiger charge is 2.31. The minimum atomic E-state index is -0.356. The van der Waals surface area contributed by atoms with E-state index >= 15 is 0 Å². The number of carbonyl (C=O) groups is 1. The predicted octanol–water partition coefficient (Wildman–Crippen LogP) is 1.72. The second-order valence-electron chi connectivity index (χ2n) is 6.61. The maximum absolute atomic E-state index is 13.4. The second kappa shape index (κ2) is 7.41. The molecule has 1 fully saturated rings. The van der Waals surface area contributed by atoms with Gasteiger partial charge >= 0.3 is 0 Å². The molecule has 2 aliphatic rings. The molecule has 0 spiro atoms. The van der Waals surface area contributed by atoms with Gasteiger partial charge in [0.1, 0.15) is 23.5 Å². The minimum absolute atomic E-state index is 0.283. The Morgan fingerprint density at radius 3 is 3.15 bits per heavy atom. The molecule has 0 saturated carbocycles. The van der Waals surface area contributed by atoms with Crippen molar-refractivity contribution >= 4 is 5.91 Å². The number of hydrogen-bond acceptors (Lipinski definition) is 5. The van der Waals surface area contributed by atoms with E-state index in [-0.39, 0.29) is 23.9 Å². The number of hydrogen-bond donors (Lipinski definition) is 1. The van der Waals surface area contributed by atoms with Crippen molar-refractivity contribution in [3.05, 3.63) is 41.7 Å². The Labute approximate surface area is 150 Å². The van der Waals surface area contributed by atoms with E-state index in [9.17, 15) is 9.18 Å². The lowest BCUT2D eigenvalue weighted by molar-refractivity contribution is -0.00317. The van der Waals surface area contributed by atoms with Gasteiger partial charge < -0.3 is 19.4 Å². The number of benzene rings is 1. The van der Waals surface area contributed by atoms with Gasteiger partial charge in [0, 0.05) is 25.5 Å². The van der Waals surface area contributed by atoms with Gasteiger partial charge in [0.05, 0.1) is 19.3 Å². The molecule has 1 N–H and O–H groups in total. The summed E-state index contributed by atoms with van der Waals surface area (Å²) in [5, 5.41) is 11.1. The quantitative estimate of drug-likeness (QED) is 0.898. The molecule has 1 saturated heterocycles. The molecule has 1 aromatic heterocycles. The first-order valence-electron chi connectivity index (χ1n) is 8.93. The maximum Gasteiger partial charge on any atom is 0.289 e. The summed E-state index contributed by atoms with van der Waals surface area (Å²) < 4.78 is 26.7. The topological polar surface area (TPSA) is 78.3 Å². The summed E-state index contributed by atoms with van der Waals surface area (Å²) in [6.45, 7) is 1.63. The molecule has 8 heteroatoms. The van der Waals surface area contributed by atoms with E-state index in [4.69, 9.17) is 9.47 Å². The summed E-state index contributed by atoms with van der Waals surface area (Å²) in [7, 11) is 0. The summed E-state index contributed by atoms with van der Waals surface area (Å²) in [4.78, 5) is 12.7. The van der Waals surface area contributed by atoms with E-state index in [0.29, 0.717) is 31.2 Å². The van der Waals surface area contributed by atoms with E-state index in [2.05, 4.69) is 15.5 Å². The van der Waals surface area contributed by atoms with Gasteiger partial charge in [0.15, 0.2) is 0 Å². The molecule has 2 aliphatic heterocycles. The van der Waals surface area contributed by atoms with Crippen molar-refractivity contribution in [2.45, 2.75) is 44.4 Å².